The predicted octanol–water partition coefficient (Wildman–Crippen LogP) is 1.52. The van der Waals surface area contributed by atoms with Crippen LogP contribution in [-0.4, -0.2) is 40.4 Å². The molecule has 5 heteroatoms. The van der Waals surface area contributed by atoms with Crippen molar-refractivity contribution in [3.8, 4) is 0 Å². The zero-order chi connectivity index (χ0) is 12.4. The van der Waals surface area contributed by atoms with Gasteiger partial charge in [-0.1, -0.05) is 12.1 Å². The fourth-order valence-corrected chi connectivity index (χ4v) is 2.21. The number of aromatic nitrogens is 2. The van der Waals surface area contributed by atoms with Crippen LogP contribution < -0.4 is 5.32 Å². The normalized spacial score (nSPS) is 18.9. The minimum Gasteiger partial charge on any atom is -0.388 e. The molecule has 3 N–H and O–H groups in total. The molecule has 0 atom stereocenters. The Morgan fingerprint density at radius 2 is 2.11 bits per heavy atom. The van der Waals surface area contributed by atoms with Crippen LogP contribution in [0.25, 0.3) is 11.0 Å². The van der Waals surface area contributed by atoms with Crippen LogP contribution in [0.15, 0.2) is 24.3 Å². The molecule has 0 unspecified atom stereocenters. The maximum absolute atomic E-state index is 10.3. The number of para-hydroxylation sites is 2. The summed E-state index contributed by atoms with van der Waals surface area (Å²) in [6, 6.07) is 7.87. The van der Waals surface area contributed by atoms with Crippen LogP contribution in [0.4, 0.5) is 5.95 Å². The molecular weight excluding hydrogens is 230 g/mol. The highest BCUT2D eigenvalue weighted by molar-refractivity contribution is 5.77. The van der Waals surface area contributed by atoms with Gasteiger partial charge in [-0.3, -0.25) is 0 Å². The van der Waals surface area contributed by atoms with Crippen LogP contribution in [0.3, 0.4) is 0 Å². The van der Waals surface area contributed by atoms with Crippen LogP contribution in [0.5, 0.6) is 0 Å². The molecule has 0 spiro atoms. The van der Waals surface area contributed by atoms with Gasteiger partial charge in [-0.15, -0.1) is 0 Å². The maximum Gasteiger partial charge on any atom is 0.201 e. The average molecular weight is 247 g/mol. The summed E-state index contributed by atoms with van der Waals surface area (Å²) in [4.78, 5) is 7.61. The van der Waals surface area contributed by atoms with Crippen molar-refractivity contribution in [3.63, 3.8) is 0 Å². The number of nitrogens with zero attached hydrogens (tertiary/aromatic N) is 1. The minimum absolute atomic E-state index is 0.496. The van der Waals surface area contributed by atoms with Crippen LogP contribution in [0.2, 0.25) is 0 Å². The Kier molecular flexibility index (Phi) is 2.93. The topological polar surface area (TPSA) is 70.2 Å². The van der Waals surface area contributed by atoms with E-state index in [4.69, 9.17) is 4.74 Å². The number of anilines is 1. The van der Waals surface area contributed by atoms with Crippen molar-refractivity contribution in [1.29, 1.82) is 0 Å². The lowest BCUT2D eigenvalue weighted by molar-refractivity contribution is -0.0544. The van der Waals surface area contributed by atoms with Gasteiger partial charge in [0.05, 0.1) is 16.6 Å². The van der Waals surface area contributed by atoms with Crippen molar-refractivity contribution in [1.82, 2.24) is 9.97 Å². The molecule has 5 nitrogen and oxygen atoms in total. The molecular formula is C13H17N3O2. The zero-order valence-corrected chi connectivity index (χ0v) is 10.1. The number of imidazole rings is 1. The molecule has 1 aliphatic rings. The Morgan fingerprint density at radius 1 is 1.33 bits per heavy atom. The number of ether oxygens (including phenoxy) is 1. The summed E-state index contributed by atoms with van der Waals surface area (Å²) in [6.07, 6.45) is 1.33. The Labute approximate surface area is 105 Å². The van der Waals surface area contributed by atoms with Gasteiger partial charge in [0.2, 0.25) is 5.95 Å². The van der Waals surface area contributed by atoms with E-state index in [2.05, 4.69) is 15.3 Å². The van der Waals surface area contributed by atoms with Crippen molar-refractivity contribution >= 4 is 17.0 Å². The molecule has 0 radical (unpaired) electrons. The summed E-state index contributed by atoms with van der Waals surface area (Å²) >= 11 is 0. The third-order valence-electron chi connectivity index (χ3n) is 3.40. The summed E-state index contributed by atoms with van der Waals surface area (Å²) in [7, 11) is 0. The van der Waals surface area contributed by atoms with Gasteiger partial charge in [-0.25, -0.2) is 4.98 Å². The van der Waals surface area contributed by atoms with E-state index in [-0.39, 0.29) is 0 Å². The second-order valence-corrected chi connectivity index (χ2v) is 4.79. The molecule has 1 saturated heterocycles. The molecule has 2 aromatic rings. The number of nitrogens with one attached hydrogen (secondary N) is 2. The van der Waals surface area contributed by atoms with E-state index in [0.29, 0.717) is 38.5 Å². The van der Waals surface area contributed by atoms with Gasteiger partial charge < -0.3 is 20.1 Å². The highest BCUT2D eigenvalue weighted by atomic mass is 16.5. The van der Waals surface area contributed by atoms with Crippen molar-refractivity contribution in [2.24, 2.45) is 0 Å². The van der Waals surface area contributed by atoms with Crippen molar-refractivity contribution in [2.45, 2.75) is 18.4 Å². The van der Waals surface area contributed by atoms with E-state index in [0.717, 1.165) is 11.0 Å². The number of benzene rings is 1. The van der Waals surface area contributed by atoms with Crippen LogP contribution in [-0.2, 0) is 4.74 Å². The van der Waals surface area contributed by atoms with Gasteiger partial charge in [0.1, 0.15) is 0 Å². The third-order valence-corrected chi connectivity index (χ3v) is 3.40. The molecule has 0 amide bonds. The first-order chi connectivity index (χ1) is 8.75. The maximum atomic E-state index is 10.3. The smallest absolute Gasteiger partial charge is 0.201 e. The summed E-state index contributed by atoms with van der Waals surface area (Å²) < 4.78 is 5.25. The first kappa shape index (κ1) is 11.5. The van der Waals surface area contributed by atoms with E-state index in [1.807, 2.05) is 24.3 Å². The molecule has 1 fully saturated rings. The molecule has 1 aromatic heterocycles. The van der Waals surface area contributed by atoms with Gasteiger partial charge in [0.15, 0.2) is 0 Å². The molecule has 2 heterocycles. The largest absolute Gasteiger partial charge is 0.388 e. The first-order valence-corrected chi connectivity index (χ1v) is 6.24. The van der Waals surface area contributed by atoms with E-state index < -0.39 is 5.60 Å². The van der Waals surface area contributed by atoms with E-state index in [1.54, 1.807) is 0 Å². The molecule has 18 heavy (non-hydrogen) atoms. The van der Waals surface area contributed by atoms with Gasteiger partial charge in [-0.05, 0) is 12.1 Å². The summed E-state index contributed by atoms with van der Waals surface area (Å²) in [6.45, 7) is 1.74. The number of hydrogen-bond acceptors (Lipinski definition) is 4. The predicted molar refractivity (Wildman–Crippen MR) is 69.6 cm³/mol. The Hall–Kier alpha value is -1.59. The molecule has 96 valence electrons. The molecule has 3 rings (SSSR count). The second kappa shape index (κ2) is 4.59. The number of H-pyrrole nitrogens is 1. The fourth-order valence-electron chi connectivity index (χ4n) is 2.21. The zero-order valence-electron chi connectivity index (χ0n) is 10.1. The first-order valence-electron chi connectivity index (χ1n) is 6.24. The van der Waals surface area contributed by atoms with Crippen LogP contribution in [0, 0.1) is 0 Å². The lowest BCUT2D eigenvalue weighted by Crippen LogP contribution is -2.42. The number of aliphatic hydroxyl groups is 1. The average Bonchev–Trinajstić information content (AvgIpc) is 2.80. The summed E-state index contributed by atoms with van der Waals surface area (Å²) in [5.41, 5.74) is 1.25. The molecule has 0 aliphatic carbocycles. The Balaban J connectivity index is 1.69. The molecule has 1 aromatic carbocycles. The number of hydrogen-bond donors (Lipinski definition) is 3. The van der Waals surface area contributed by atoms with Crippen molar-refractivity contribution < 1.29 is 9.84 Å². The lowest BCUT2D eigenvalue weighted by atomic mass is 9.94. The van der Waals surface area contributed by atoms with Crippen molar-refractivity contribution in [2.75, 3.05) is 25.1 Å². The minimum atomic E-state index is -0.683. The number of aromatic amines is 1. The van der Waals surface area contributed by atoms with E-state index >= 15 is 0 Å². The van der Waals surface area contributed by atoms with E-state index in [9.17, 15) is 5.11 Å². The summed E-state index contributed by atoms with van der Waals surface area (Å²) in [5, 5.41) is 13.5. The van der Waals surface area contributed by atoms with Gasteiger partial charge in [-0.2, -0.15) is 0 Å². The van der Waals surface area contributed by atoms with Crippen LogP contribution in [0.1, 0.15) is 12.8 Å². The van der Waals surface area contributed by atoms with Crippen molar-refractivity contribution in [3.05, 3.63) is 24.3 Å². The quantitative estimate of drug-likeness (QED) is 0.769. The SMILES string of the molecule is OC1(CNc2nc3ccccc3[nH]2)CCOCC1. The molecule has 0 saturated carbocycles. The second-order valence-electron chi connectivity index (χ2n) is 4.79. The van der Waals surface area contributed by atoms with Gasteiger partial charge in [0.25, 0.3) is 0 Å². The van der Waals surface area contributed by atoms with Crippen LogP contribution >= 0.6 is 0 Å². The Bertz CT molecular complexity index is 499. The lowest BCUT2D eigenvalue weighted by Gasteiger charge is -2.31. The Morgan fingerprint density at radius 3 is 2.89 bits per heavy atom. The number of rotatable bonds is 3. The van der Waals surface area contributed by atoms with E-state index in [1.165, 1.54) is 0 Å². The monoisotopic (exact) mass is 247 g/mol. The molecule has 1 aliphatic heterocycles. The molecule has 0 bridgehead atoms. The number of fused-ring (bicyclic) bond motifs is 1. The standard InChI is InChI=1S/C13H17N3O2/c17-13(5-7-18-8-6-13)9-14-12-15-10-3-1-2-4-11(10)16-12/h1-4,17H,5-9H2,(H2,14,15,16). The summed E-state index contributed by atoms with van der Waals surface area (Å²) in [5.74, 6) is 0.705. The highest BCUT2D eigenvalue weighted by Crippen LogP contribution is 2.21. The fraction of sp³-hybridized carbons (Fsp3) is 0.462. The highest BCUT2D eigenvalue weighted by Gasteiger charge is 2.29. The third kappa shape index (κ3) is 2.32. The van der Waals surface area contributed by atoms with Gasteiger partial charge >= 0.3 is 0 Å². The van der Waals surface area contributed by atoms with Gasteiger partial charge in [0, 0.05) is 32.6 Å².